The van der Waals surface area contributed by atoms with Crippen molar-refractivity contribution in [2.75, 3.05) is 24.5 Å². The van der Waals surface area contributed by atoms with Crippen molar-refractivity contribution in [1.82, 2.24) is 4.90 Å². The maximum Gasteiger partial charge on any atom is 0.228 e. The molecule has 1 aromatic carbocycles. The zero-order valence-corrected chi connectivity index (χ0v) is 14.6. The molecule has 0 bridgehead atoms. The molecule has 2 amide bonds. The van der Waals surface area contributed by atoms with Crippen LogP contribution in [0.25, 0.3) is 0 Å². The largest absolute Gasteiger partial charge is 0.339 e. The van der Waals surface area contributed by atoms with E-state index in [-0.39, 0.29) is 23.8 Å². The van der Waals surface area contributed by atoms with Gasteiger partial charge in [-0.15, -0.1) is 0 Å². The van der Waals surface area contributed by atoms with Crippen LogP contribution in [0.2, 0.25) is 0 Å². The Hall–Kier alpha value is -1.88. The number of carbonyl (C=O) groups excluding carboxylic acids is 2. The molecule has 5 heteroatoms. The molecule has 0 aromatic heterocycles. The van der Waals surface area contributed by atoms with Crippen molar-refractivity contribution in [3.63, 3.8) is 0 Å². The Morgan fingerprint density at radius 3 is 2.54 bits per heavy atom. The molecule has 0 saturated carbocycles. The van der Waals surface area contributed by atoms with Crippen LogP contribution in [0, 0.1) is 11.8 Å². The fourth-order valence-corrected chi connectivity index (χ4v) is 3.89. The van der Waals surface area contributed by atoms with Crippen LogP contribution in [0.4, 0.5) is 5.69 Å². The lowest BCUT2D eigenvalue weighted by molar-refractivity contribution is -0.136. The maximum absolute atomic E-state index is 12.8. The average molecular weight is 329 g/mol. The van der Waals surface area contributed by atoms with E-state index >= 15 is 0 Å². The highest BCUT2D eigenvalue weighted by atomic mass is 16.2. The maximum atomic E-state index is 12.8. The van der Waals surface area contributed by atoms with Gasteiger partial charge in [-0.1, -0.05) is 19.1 Å². The van der Waals surface area contributed by atoms with Gasteiger partial charge in [-0.3, -0.25) is 9.59 Å². The highest BCUT2D eigenvalue weighted by Crippen LogP contribution is 2.30. The third kappa shape index (κ3) is 3.18. The molecule has 2 saturated heterocycles. The number of likely N-dealkylation sites (tertiary alicyclic amines) is 1. The van der Waals surface area contributed by atoms with Crippen LogP contribution in [0.15, 0.2) is 24.3 Å². The molecule has 130 valence electrons. The summed E-state index contributed by atoms with van der Waals surface area (Å²) in [7, 11) is 0. The van der Waals surface area contributed by atoms with Crippen LogP contribution in [-0.4, -0.2) is 42.4 Å². The number of nitrogens with zero attached hydrogens (tertiary/aromatic N) is 2. The molecule has 5 nitrogen and oxygen atoms in total. The number of hydrogen-bond acceptors (Lipinski definition) is 3. The fourth-order valence-electron chi connectivity index (χ4n) is 3.89. The topological polar surface area (TPSA) is 66.6 Å². The van der Waals surface area contributed by atoms with Crippen LogP contribution in [-0.2, 0) is 16.0 Å². The summed E-state index contributed by atoms with van der Waals surface area (Å²) in [5.41, 5.74) is 7.89. The molecule has 2 heterocycles. The summed E-state index contributed by atoms with van der Waals surface area (Å²) in [6, 6.07) is 8.27. The third-order valence-corrected chi connectivity index (χ3v) is 5.41. The average Bonchev–Trinajstić information content (AvgIpc) is 3.17. The Bertz CT molecular complexity index is 614. The van der Waals surface area contributed by atoms with E-state index in [1.54, 1.807) is 4.90 Å². The van der Waals surface area contributed by atoms with Gasteiger partial charge in [0, 0.05) is 31.2 Å². The lowest BCUT2D eigenvalue weighted by Crippen LogP contribution is -2.39. The van der Waals surface area contributed by atoms with Gasteiger partial charge in [-0.25, -0.2) is 0 Å². The van der Waals surface area contributed by atoms with Gasteiger partial charge < -0.3 is 15.5 Å². The molecule has 2 N–H and O–H groups in total. The minimum absolute atomic E-state index is 0.0415. The van der Waals surface area contributed by atoms with E-state index in [4.69, 9.17) is 5.73 Å². The van der Waals surface area contributed by atoms with Gasteiger partial charge in [-0.05, 0) is 49.9 Å². The summed E-state index contributed by atoms with van der Waals surface area (Å²) in [5, 5.41) is 0. The van der Waals surface area contributed by atoms with E-state index < -0.39 is 0 Å². The van der Waals surface area contributed by atoms with Crippen LogP contribution in [0.3, 0.4) is 0 Å². The summed E-state index contributed by atoms with van der Waals surface area (Å²) in [6.07, 6.45) is 2.25. The number of carbonyl (C=O) groups is 2. The van der Waals surface area contributed by atoms with Crippen LogP contribution in [0.1, 0.15) is 32.3 Å². The predicted molar refractivity (Wildman–Crippen MR) is 94.6 cm³/mol. The number of hydrogen-bond donors (Lipinski definition) is 1. The van der Waals surface area contributed by atoms with E-state index in [2.05, 4.69) is 13.8 Å². The second-order valence-electron chi connectivity index (χ2n) is 7.10. The molecule has 2 fully saturated rings. The molecule has 3 atom stereocenters. The van der Waals surface area contributed by atoms with Crippen molar-refractivity contribution in [3.05, 3.63) is 29.8 Å². The minimum atomic E-state index is -0.234. The quantitative estimate of drug-likeness (QED) is 0.916. The lowest BCUT2D eigenvalue weighted by Gasteiger charge is -2.25. The van der Waals surface area contributed by atoms with Crippen molar-refractivity contribution >= 4 is 17.5 Å². The van der Waals surface area contributed by atoms with Gasteiger partial charge in [0.05, 0.1) is 5.92 Å². The molecule has 1 aromatic rings. The van der Waals surface area contributed by atoms with Gasteiger partial charge in [0.15, 0.2) is 0 Å². The van der Waals surface area contributed by atoms with Crippen molar-refractivity contribution in [2.24, 2.45) is 17.6 Å². The van der Waals surface area contributed by atoms with E-state index in [1.807, 2.05) is 29.2 Å². The van der Waals surface area contributed by atoms with Crippen LogP contribution >= 0.6 is 0 Å². The summed E-state index contributed by atoms with van der Waals surface area (Å²) in [6.45, 7) is 6.02. The first kappa shape index (κ1) is 17.0. The highest BCUT2D eigenvalue weighted by molar-refractivity contribution is 6.00. The van der Waals surface area contributed by atoms with Gasteiger partial charge in [-0.2, -0.15) is 0 Å². The molecule has 2 aliphatic rings. The van der Waals surface area contributed by atoms with E-state index in [0.29, 0.717) is 25.4 Å². The summed E-state index contributed by atoms with van der Waals surface area (Å²) < 4.78 is 0. The summed E-state index contributed by atoms with van der Waals surface area (Å²) in [4.78, 5) is 28.9. The van der Waals surface area contributed by atoms with Gasteiger partial charge in [0.2, 0.25) is 11.8 Å². The van der Waals surface area contributed by atoms with Crippen molar-refractivity contribution < 1.29 is 9.59 Å². The van der Waals surface area contributed by atoms with E-state index in [0.717, 1.165) is 25.1 Å². The number of benzene rings is 1. The Morgan fingerprint density at radius 1 is 1.25 bits per heavy atom. The van der Waals surface area contributed by atoms with E-state index in [9.17, 15) is 9.59 Å². The molecule has 3 unspecified atom stereocenters. The molecular weight excluding hydrogens is 302 g/mol. The second kappa shape index (κ2) is 6.93. The minimum Gasteiger partial charge on any atom is -0.339 e. The van der Waals surface area contributed by atoms with Gasteiger partial charge in [0.1, 0.15) is 0 Å². The number of anilines is 1. The van der Waals surface area contributed by atoms with Gasteiger partial charge >= 0.3 is 0 Å². The summed E-state index contributed by atoms with van der Waals surface area (Å²) >= 11 is 0. The fraction of sp³-hybridized carbons (Fsp3) is 0.579. The van der Waals surface area contributed by atoms with Crippen LogP contribution in [0.5, 0.6) is 0 Å². The predicted octanol–water partition coefficient (Wildman–Crippen LogP) is 1.80. The second-order valence-corrected chi connectivity index (χ2v) is 7.10. The molecule has 2 aliphatic heterocycles. The molecule has 24 heavy (non-hydrogen) atoms. The number of aryl methyl sites for hydroxylation is 1. The normalized spacial score (nSPS) is 27.1. The monoisotopic (exact) mass is 329 g/mol. The lowest BCUT2D eigenvalue weighted by atomic mass is 10.1. The Balaban J connectivity index is 1.68. The first-order chi connectivity index (χ1) is 11.5. The number of amides is 2. The van der Waals surface area contributed by atoms with Crippen molar-refractivity contribution in [2.45, 2.75) is 39.2 Å². The SMILES string of the molecule is CCc1ccc(N2CC(C(=O)N3CC(CN)CC3C)CC2=O)cc1. The Kier molecular flexibility index (Phi) is 4.90. The Morgan fingerprint density at radius 2 is 1.96 bits per heavy atom. The van der Waals surface area contributed by atoms with Crippen LogP contribution < -0.4 is 10.6 Å². The zero-order valence-electron chi connectivity index (χ0n) is 14.6. The van der Waals surface area contributed by atoms with Crippen molar-refractivity contribution in [3.8, 4) is 0 Å². The van der Waals surface area contributed by atoms with Gasteiger partial charge in [0.25, 0.3) is 0 Å². The Labute approximate surface area is 143 Å². The standard InChI is InChI=1S/C19H27N3O2/c1-3-14-4-6-17(7-5-14)22-12-16(9-18(22)23)19(24)21-11-15(10-20)8-13(21)2/h4-7,13,15-16H,3,8-12,20H2,1-2H3. The van der Waals surface area contributed by atoms with Crippen molar-refractivity contribution in [1.29, 1.82) is 0 Å². The molecule has 3 rings (SSSR count). The third-order valence-electron chi connectivity index (χ3n) is 5.41. The first-order valence-corrected chi connectivity index (χ1v) is 8.93. The molecular formula is C19H27N3O2. The van der Waals surface area contributed by atoms with E-state index in [1.165, 1.54) is 5.56 Å². The summed E-state index contributed by atoms with van der Waals surface area (Å²) in [5.74, 6) is 0.306. The molecule has 0 aliphatic carbocycles. The number of nitrogens with two attached hydrogens (primary N) is 1. The molecule has 0 spiro atoms. The smallest absolute Gasteiger partial charge is 0.228 e. The highest BCUT2D eigenvalue weighted by Gasteiger charge is 2.40. The molecule has 0 radical (unpaired) electrons. The number of rotatable bonds is 4. The first-order valence-electron chi connectivity index (χ1n) is 8.93. The zero-order chi connectivity index (χ0) is 17.3.